The van der Waals surface area contributed by atoms with Crippen LogP contribution in [0.25, 0.3) is 0 Å². The van der Waals surface area contributed by atoms with Crippen molar-refractivity contribution >= 4 is 15.9 Å². The molecule has 0 aromatic carbocycles. The zero-order chi connectivity index (χ0) is 16.3. The summed E-state index contributed by atoms with van der Waals surface area (Å²) >= 11 is 0. The molecule has 124 valence electrons. The first-order valence-electron chi connectivity index (χ1n) is 7.12. The maximum absolute atomic E-state index is 11.9. The molecule has 7 nitrogen and oxygen atoms in total. The van der Waals surface area contributed by atoms with Gasteiger partial charge in [0.25, 0.3) is 0 Å². The zero-order valence-electron chi connectivity index (χ0n) is 13.3. The van der Waals surface area contributed by atoms with Gasteiger partial charge in [-0.15, -0.1) is 0 Å². The Bertz CT molecular complexity index is 451. The average Bonchev–Trinajstić information content (AvgIpc) is 2.35. The van der Waals surface area contributed by atoms with Crippen molar-refractivity contribution in [2.24, 2.45) is 5.41 Å². The van der Waals surface area contributed by atoms with E-state index in [2.05, 4.69) is 9.62 Å². The van der Waals surface area contributed by atoms with Gasteiger partial charge in [-0.2, -0.15) is 0 Å². The molecule has 1 heterocycles. The van der Waals surface area contributed by atoms with Gasteiger partial charge in [0.2, 0.25) is 15.9 Å². The predicted octanol–water partition coefficient (Wildman–Crippen LogP) is -0.913. The molecule has 0 spiro atoms. The highest BCUT2D eigenvalue weighted by Crippen LogP contribution is 2.20. The normalized spacial score (nSPS) is 19.6. The van der Waals surface area contributed by atoms with Crippen LogP contribution >= 0.6 is 0 Å². The fourth-order valence-electron chi connectivity index (χ4n) is 2.00. The van der Waals surface area contributed by atoms with Gasteiger partial charge in [-0.1, -0.05) is 20.8 Å². The summed E-state index contributed by atoms with van der Waals surface area (Å²) in [4.78, 5) is 15.6. The predicted molar refractivity (Wildman–Crippen MR) is 81.3 cm³/mol. The van der Waals surface area contributed by atoms with Gasteiger partial charge in [0, 0.05) is 32.7 Å². The molecule has 1 rings (SSSR count). The molecule has 1 fully saturated rings. The zero-order valence-corrected chi connectivity index (χ0v) is 14.1. The first kappa shape index (κ1) is 18.3. The molecule has 0 radical (unpaired) electrons. The topological polar surface area (TPSA) is 89.9 Å². The monoisotopic (exact) mass is 321 g/mol. The number of carbonyl (C=O) groups excluding carboxylic acids is 1. The van der Waals surface area contributed by atoms with Gasteiger partial charge in [-0.25, -0.2) is 13.1 Å². The SMILES string of the molecule is CC(C)(C)[C@H](O)CN1CCN(C(=O)CNS(C)(=O)=O)CC1. The Morgan fingerprint density at radius 3 is 2.19 bits per heavy atom. The number of sulfonamides is 1. The Hall–Kier alpha value is -0.700. The molecule has 1 saturated heterocycles. The van der Waals surface area contributed by atoms with Crippen LogP contribution in [0.5, 0.6) is 0 Å². The third-order valence-electron chi connectivity index (χ3n) is 3.64. The molecule has 1 atom stereocenters. The van der Waals surface area contributed by atoms with E-state index in [1.54, 1.807) is 4.90 Å². The smallest absolute Gasteiger partial charge is 0.237 e. The second-order valence-corrected chi connectivity index (χ2v) is 8.49. The lowest BCUT2D eigenvalue weighted by molar-refractivity contribution is -0.132. The minimum Gasteiger partial charge on any atom is -0.391 e. The Balaban J connectivity index is 2.37. The van der Waals surface area contributed by atoms with Crippen LogP contribution in [0.2, 0.25) is 0 Å². The van der Waals surface area contributed by atoms with E-state index in [0.717, 1.165) is 6.26 Å². The average molecular weight is 321 g/mol. The lowest BCUT2D eigenvalue weighted by atomic mass is 9.89. The molecule has 0 aromatic rings. The van der Waals surface area contributed by atoms with Gasteiger partial charge < -0.3 is 10.0 Å². The van der Waals surface area contributed by atoms with E-state index in [9.17, 15) is 18.3 Å². The number of aliphatic hydroxyl groups is 1. The van der Waals surface area contributed by atoms with Gasteiger partial charge in [-0.05, 0) is 5.41 Å². The van der Waals surface area contributed by atoms with Crippen LogP contribution in [0.15, 0.2) is 0 Å². The second-order valence-electron chi connectivity index (χ2n) is 6.66. The highest BCUT2D eigenvalue weighted by molar-refractivity contribution is 7.88. The number of piperazine rings is 1. The van der Waals surface area contributed by atoms with Crippen molar-refractivity contribution in [1.82, 2.24) is 14.5 Å². The van der Waals surface area contributed by atoms with Crippen molar-refractivity contribution in [3.63, 3.8) is 0 Å². The fourth-order valence-corrected chi connectivity index (χ4v) is 2.39. The molecule has 0 bridgehead atoms. The minimum absolute atomic E-state index is 0.160. The number of hydrogen-bond acceptors (Lipinski definition) is 5. The molecule has 2 N–H and O–H groups in total. The number of rotatable bonds is 5. The summed E-state index contributed by atoms with van der Waals surface area (Å²) in [7, 11) is -3.34. The number of aliphatic hydroxyl groups excluding tert-OH is 1. The first-order chi connectivity index (χ1) is 9.49. The quantitative estimate of drug-likeness (QED) is 0.684. The summed E-state index contributed by atoms with van der Waals surface area (Å²) in [6, 6.07) is 0. The van der Waals surface area contributed by atoms with Crippen LogP contribution in [-0.2, 0) is 14.8 Å². The molecule has 1 amide bonds. The second kappa shape index (κ2) is 7.04. The Morgan fingerprint density at radius 1 is 1.24 bits per heavy atom. The van der Waals surface area contributed by atoms with Crippen LogP contribution in [0.4, 0.5) is 0 Å². The maximum atomic E-state index is 11.9. The van der Waals surface area contributed by atoms with Gasteiger partial charge in [-0.3, -0.25) is 9.69 Å². The van der Waals surface area contributed by atoms with Gasteiger partial charge >= 0.3 is 0 Å². The van der Waals surface area contributed by atoms with Crippen LogP contribution < -0.4 is 4.72 Å². The van der Waals surface area contributed by atoms with Crippen LogP contribution in [0, 0.1) is 5.41 Å². The molecule has 21 heavy (non-hydrogen) atoms. The summed E-state index contributed by atoms with van der Waals surface area (Å²) in [5, 5.41) is 10.1. The lowest BCUT2D eigenvalue weighted by Gasteiger charge is -2.38. The fraction of sp³-hybridized carbons (Fsp3) is 0.923. The maximum Gasteiger partial charge on any atom is 0.237 e. The number of carbonyl (C=O) groups is 1. The van der Waals surface area contributed by atoms with Crippen molar-refractivity contribution in [1.29, 1.82) is 0 Å². The summed E-state index contributed by atoms with van der Waals surface area (Å²) in [6.07, 6.45) is 0.623. The number of β-amino-alcohol motifs (C(OH)–C–C–N with tert-alkyl or cyclic N) is 1. The highest BCUT2D eigenvalue weighted by Gasteiger charge is 2.27. The van der Waals surface area contributed by atoms with E-state index in [1.165, 1.54) is 0 Å². The number of hydrogen-bond donors (Lipinski definition) is 2. The number of nitrogens with zero attached hydrogens (tertiary/aromatic N) is 2. The Labute approximate surface area is 127 Å². The van der Waals surface area contributed by atoms with E-state index in [-0.39, 0.29) is 17.9 Å². The summed E-state index contributed by atoms with van der Waals surface area (Å²) in [6.45, 7) is 8.88. The van der Waals surface area contributed by atoms with Gasteiger partial charge in [0.15, 0.2) is 0 Å². The third-order valence-corrected chi connectivity index (χ3v) is 4.31. The number of amides is 1. The highest BCUT2D eigenvalue weighted by atomic mass is 32.2. The molecule has 8 heteroatoms. The minimum atomic E-state index is -3.34. The summed E-state index contributed by atoms with van der Waals surface area (Å²) < 4.78 is 24.1. The molecule has 0 aromatic heterocycles. The molecule has 1 aliphatic heterocycles. The molecular weight excluding hydrogens is 294 g/mol. The molecule has 0 aliphatic carbocycles. The van der Waals surface area contributed by atoms with E-state index in [0.29, 0.717) is 32.7 Å². The summed E-state index contributed by atoms with van der Waals surface area (Å²) in [5.74, 6) is -0.212. The van der Waals surface area contributed by atoms with Crippen LogP contribution in [-0.4, -0.2) is 80.9 Å². The van der Waals surface area contributed by atoms with Crippen LogP contribution in [0.3, 0.4) is 0 Å². The van der Waals surface area contributed by atoms with Crippen LogP contribution in [0.1, 0.15) is 20.8 Å². The lowest BCUT2D eigenvalue weighted by Crippen LogP contribution is -2.53. The Morgan fingerprint density at radius 2 is 1.76 bits per heavy atom. The van der Waals surface area contributed by atoms with E-state index >= 15 is 0 Å². The largest absolute Gasteiger partial charge is 0.391 e. The van der Waals surface area contributed by atoms with E-state index in [4.69, 9.17) is 0 Å². The van der Waals surface area contributed by atoms with Gasteiger partial charge in [0.1, 0.15) is 0 Å². The van der Waals surface area contributed by atoms with E-state index < -0.39 is 16.1 Å². The molecule has 0 saturated carbocycles. The molecule has 0 unspecified atom stereocenters. The van der Waals surface area contributed by atoms with Crippen molar-refractivity contribution < 1.29 is 18.3 Å². The first-order valence-corrected chi connectivity index (χ1v) is 9.01. The molecular formula is C13H27N3O4S. The molecule has 1 aliphatic rings. The van der Waals surface area contributed by atoms with Gasteiger partial charge in [0.05, 0.1) is 18.9 Å². The third kappa shape index (κ3) is 6.73. The van der Waals surface area contributed by atoms with Crippen molar-refractivity contribution in [2.45, 2.75) is 26.9 Å². The van der Waals surface area contributed by atoms with Crippen molar-refractivity contribution in [3.05, 3.63) is 0 Å². The standard InChI is InChI=1S/C13H27N3O4S/c1-13(2,3)11(17)10-15-5-7-16(8-6-15)12(18)9-14-21(4,19)20/h11,14,17H,5-10H2,1-4H3/t11-/m1/s1. The summed E-state index contributed by atoms with van der Waals surface area (Å²) in [5.41, 5.74) is -0.160. The van der Waals surface area contributed by atoms with Crippen molar-refractivity contribution in [2.75, 3.05) is 45.5 Å². The van der Waals surface area contributed by atoms with Crippen molar-refractivity contribution in [3.8, 4) is 0 Å². The Kier molecular flexibility index (Phi) is 6.15. The van der Waals surface area contributed by atoms with E-state index in [1.807, 2.05) is 20.8 Å². The number of nitrogens with one attached hydrogen (secondary N) is 1.